The summed E-state index contributed by atoms with van der Waals surface area (Å²) in [4.78, 5) is 84.1. The molecule has 1 aliphatic carbocycles. The van der Waals surface area contributed by atoms with Crippen molar-refractivity contribution in [3.05, 3.63) is 167 Å². The molecule has 0 heterocycles. The van der Waals surface area contributed by atoms with Crippen molar-refractivity contribution in [2.24, 2.45) is 0 Å². The van der Waals surface area contributed by atoms with Gasteiger partial charge in [0.15, 0.2) is 0 Å². The number of hydroxylamine groups is 1. The Morgan fingerprint density at radius 2 is 0.956 bits per heavy atom. The minimum absolute atomic E-state index is 0.0332. The van der Waals surface area contributed by atoms with Gasteiger partial charge < -0.3 is 31.4 Å². The topological polar surface area (TPSA) is 196 Å². The van der Waals surface area contributed by atoms with Gasteiger partial charge in [0, 0.05) is 13.0 Å². The van der Waals surface area contributed by atoms with Gasteiger partial charge in [-0.15, -0.1) is 5.48 Å². The molecule has 5 aromatic rings. The van der Waals surface area contributed by atoms with Crippen LogP contribution in [0.15, 0.2) is 133 Å². The van der Waals surface area contributed by atoms with E-state index >= 15 is 0 Å². The predicted molar refractivity (Wildman–Crippen MR) is 262 cm³/mol. The highest BCUT2D eigenvalue weighted by Gasteiger charge is 2.36. The summed E-state index contributed by atoms with van der Waals surface area (Å²) < 4.78 is 0. The van der Waals surface area contributed by atoms with Crippen molar-refractivity contribution >= 4 is 35.5 Å². The number of amides is 5. The zero-order valence-electron chi connectivity index (χ0n) is 39.6. The summed E-state index contributed by atoms with van der Waals surface area (Å²) >= 11 is 0. The van der Waals surface area contributed by atoms with Crippen LogP contribution in [0.25, 0.3) is 11.1 Å². The summed E-state index contributed by atoms with van der Waals surface area (Å²) in [7, 11) is 1.45. The Balaban J connectivity index is 1.12. The lowest BCUT2D eigenvalue weighted by molar-refractivity contribution is -0.155. The lowest BCUT2D eigenvalue weighted by Gasteiger charge is -2.37. The van der Waals surface area contributed by atoms with Gasteiger partial charge in [-0.2, -0.15) is 0 Å². The number of hydrogen-bond acceptors (Lipinski definition) is 9. The normalized spacial score (nSPS) is 14.1. The fourth-order valence-corrected chi connectivity index (χ4v) is 8.61. The molecule has 0 saturated carbocycles. The number of fused-ring (bicyclic) bond motifs is 3. The maximum atomic E-state index is 14.0. The third kappa shape index (κ3) is 12.2. The van der Waals surface area contributed by atoms with Gasteiger partial charge >= 0.3 is 5.97 Å². The first-order chi connectivity index (χ1) is 32.7. The molecule has 0 aliphatic heterocycles. The molecule has 356 valence electrons. The van der Waals surface area contributed by atoms with Gasteiger partial charge in [-0.05, 0) is 99.4 Å². The summed E-state index contributed by atoms with van der Waals surface area (Å²) in [5.74, 6) is -3.65. The van der Waals surface area contributed by atoms with Gasteiger partial charge in [0.1, 0.15) is 30.2 Å². The number of carbonyl (C=O) groups excluding carboxylic acids is 6. The molecule has 5 atom stereocenters. The molecule has 68 heavy (non-hydrogen) atoms. The van der Waals surface area contributed by atoms with E-state index in [2.05, 4.69) is 92.8 Å². The molecule has 14 nitrogen and oxygen atoms in total. The van der Waals surface area contributed by atoms with Crippen LogP contribution in [0.4, 0.5) is 0 Å². The highest BCUT2D eigenvalue weighted by atomic mass is 16.7. The maximum absolute atomic E-state index is 14.0. The van der Waals surface area contributed by atoms with Crippen LogP contribution in [0.1, 0.15) is 92.7 Å². The van der Waals surface area contributed by atoms with Gasteiger partial charge in [0.2, 0.25) is 29.5 Å². The number of nitrogens with one attached hydrogen (secondary N) is 7. The van der Waals surface area contributed by atoms with Crippen LogP contribution >= 0.6 is 0 Å². The van der Waals surface area contributed by atoms with E-state index in [4.69, 9.17) is 4.84 Å². The molecule has 6 rings (SSSR count). The number of likely N-dealkylation sites (N-methyl/N-ethyl adjacent to an activating group) is 1. The summed E-state index contributed by atoms with van der Waals surface area (Å²) in [5.41, 5.74) is 10.6. The molecular formula is C54H63N7O7. The Hall–Kier alpha value is -7.16. The molecule has 1 aliphatic rings. The average Bonchev–Trinajstić information content (AvgIpc) is 3.66. The predicted octanol–water partition coefficient (Wildman–Crippen LogP) is 5.43. The van der Waals surface area contributed by atoms with Crippen molar-refractivity contribution in [1.29, 1.82) is 0 Å². The van der Waals surface area contributed by atoms with E-state index < -0.39 is 71.3 Å². The van der Waals surface area contributed by atoms with Crippen LogP contribution in [0, 0.1) is 6.92 Å². The number of benzene rings is 5. The second-order valence-electron chi connectivity index (χ2n) is 17.4. The molecule has 14 heteroatoms. The van der Waals surface area contributed by atoms with E-state index in [1.54, 1.807) is 0 Å². The first-order valence-electron chi connectivity index (χ1n) is 23.2. The lowest BCUT2D eigenvalue weighted by atomic mass is 9.76. The van der Waals surface area contributed by atoms with Crippen molar-refractivity contribution < 1.29 is 33.6 Å². The van der Waals surface area contributed by atoms with Gasteiger partial charge in [-0.25, -0.2) is 0 Å². The fraction of sp³-hybridized carbons (Fsp3) is 0.333. The van der Waals surface area contributed by atoms with Gasteiger partial charge in [-0.3, -0.25) is 34.1 Å². The summed E-state index contributed by atoms with van der Waals surface area (Å²) in [6.45, 7) is 8.51. The van der Waals surface area contributed by atoms with E-state index in [1.807, 2.05) is 84.9 Å². The molecule has 0 aromatic heterocycles. The van der Waals surface area contributed by atoms with Gasteiger partial charge in [0.05, 0.1) is 12.0 Å². The number of aryl methyl sites for hydroxylation is 1. The number of hydrogen-bond donors (Lipinski definition) is 7. The van der Waals surface area contributed by atoms with Crippen LogP contribution in [-0.4, -0.2) is 79.3 Å². The van der Waals surface area contributed by atoms with Crippen molar-refractivity contribution in [2.45, 2.75) is 102 Å². The minimum atomic E-state index is -1.10. The lowest BCUT2D eigenvalue weighted by Crippen LogP contribution is -2.57. The van der Waals surface area contributed by atoms with Crippen molar-refractivity contribution in [3.63, 3.8) is 0 Å². The Labute approximate surface area is 398 Å². The first-order valence-corrected chi connectivity index (χ1v) is 23.2. The second-order valence-corrected chi connectivity index (χ2v) is 17.4. The summed E-state index contributed by atoms with van der Waals surface area (Å²) in [6, 6.07) is 39.9. The van der Waals surface area contributed by atoms with E-state index in [0.29, 0.717) is 19.4 Å². The third-order valence-electron chi connectivity index (χ3n) is 12.4. The highest BCUT2D eigenvalue weighted by Crippen LogP contribution is 2.46. The quantitative estimate of drug-likeness (QED) is 0.0269. The molecular weight excluding hydrogens is 859 g/mol. The minimum Gasteiger partial charge on any atom is -0.370 e. The Kier molecular flexibility index (Phi) is 17.4. The monoisotopic (exact) mass is 921 g/mol. The average molecular weight is 922 g/mol. The molecule has 7 N–H and O–H groups in total. The van der Waals surface area contributed by atoms with E-state index in [0.717, 1.165) is 44.5 Å². The van der Waals surface area contributed by atoms with Crippen LogP contribution in [-0.2, 0) is 39.1 Å². The van der Waals surface area contributed by atoms with Gasteiger partial charge in [0.25, 0.3) is 0 Å². The van der Waals surface area contributed by atoms with Crippen molar-refractivity contribution in [1.82, 2.24) is 37.4 Å². The summed E-state index contributed by atoms with van der Waals surface area (Å²) in [6.07, 6.45) is 1.44. The fourth-order valence-electron chi connectivity index (χ4n) is 8.61. The van der Waals surface area contributed by atoms with E-state index in [9.17, 15) is 28.8 Å². The Bertz CT molecular complexity index is 2450. The number of unbranched alkanes of at least 4 members (excludes halogenated alkanes) is 1. The van der Waals surface area contributed by atoms with Crippen LogP contribution < -0.4 is 37.4 Å². The second kappa shape index (κ2) is 23.5. The summed E-state index contributed by atoms with van der Waals surface area (Å²) in [5, 5.41) is 16.7. The Morgan fingerprint density at radius 3 is 1.44 bits per heavy atom. The van der Waals surface area contributed by atoms with Crippen molar-refractivity contribution in [2.75, 3.05) is 13.6 Å². The molecule has 0 spiro atoms. The highest BCUT2D eigenvalue weighted by molar-refractivity contribution is 5.95. The number of carbonyl (C=O) groups is 6. The standard InChI is InChI=1S/C54H63N7O7/c1-34-28-30-41(31-29-34)54(39-19-9-7-10-20-39,40-21-11-8-12-22-40)56-32-18-17-27-47(61-68-48(62)33-46-44-25-15-13-23-42(44)43-24-14-16-26-45(43)46)53(67)60-38(5)52(66)59-37(4)51(65)58-36(3)50(64)57-35(2)49(63)55-6/h7-16,19-26,28-31,35-38,46-47,56,61H,17-18,27,32-33H2,1-6H3,(H,55,63)(H,57,64)(H,58,65)(H,59,66)(H,60,67)/t35?,36?,37?,38?,47-/m0/s1. The Morgan fingerprint density at radius 1 is 0.529 bits per heavy atom. The van der Waals surface area contributed by atoms with Crippen LogP contribution in [0.3, 0.4) is 0 Å². The smallest absolute Gasteiger partial charge is 0.325 e. The van der Waals surface area contributed by atoms with E-state index in [1.165, 1.54) is 34.7 Å². The zero-order chi connectivity index (χ0) is 48.8. The third-order valence-corrected chi connectivity index (χ3v) is 12.4. The van der Waals surface area contributed by atoms with Gasteiger partial charge in [-0.1, -0.05) is 139 Å². The molecule has 5 aromatic carbocycles. The molecule has 4 unspecified atom stereocenters. The van der Waals surface area contributed by atoms with Crippen LogP contribution in [0.5, 0.6) is 0 Å². The first kappa shape index (κ1) is 50.3. The van der Waals surface area contributed by atoms with Crippen LogP contribution in [0.2, 0.25) is 0 Å². The zero-order valence-corrected chi connectivity index (χ0v) is 39.6. The molecule has 5 amide bonds. The number of rotatable bonds is 22. The molecule has 0 radical (unpaired) electrons. The SMILES string of the molecule is CNC(=O)C(C)NC(=O)C(C)NC(=O)C(C)NC(=O)C(C)NC(=O)[C@H](CCCCNC(c1ccccc1)(c1ccccc1)c1ccc(C)cc1)NOC(=O)CC1c2ccccc2-c2ccccc21. The van der Waals surface area contributed by atoms with Crippen molar-refractivity contribution in [3.8, 4) is 11.1 Å². The molecule has 0 fully saturated rings. The maximum Gasteiger partial charge on any atom is 0.325 e. The molecule has 0 saturated heterocycles. The van der Waals surface area contributed by atoms with E-state index in [-0.39, 0.29) is 18.8 Å². The largest absolute Gasteiger partial charge is 0.370 e. The molecule has 0 bridgehead atoms.